The first-order valence-corrected chi connectivity index (χ1v) is 9.87. The second-order valence-corrected chi connectivity index (χ2v) is 7.07. The molecule has 6 nitrogen and oxygen atoms in total. The number of aromatic nitrogens is 1. The van der Waals surface area contributed by atoms with E-state index >= 15 is 0 Å². The highest BCUT2D eigenvalue weighted by Crippen LogP contribution is 2.28. The third kappa shape index (κ3) is 4.49. The summed E-state index contributed by atoms with van der Waals surface area (Å²) in [6, 6.07) is 16.6. The van der Waals surface area contributed by atoms with Crippen molar-refractivity contribution < 1.29 is 23.1 Å². The van der Waals surface area contributed by atoms with Crippen molar-refractivity contribution >= 4 is 22.4 Å². The van der Waals surface area contributed by atoms with Crippen LogP contribution < -0.4 is 14.8 Å². The molecule has 2 aromatic heterocycles. The summed E-state index contributed by atoms with van der Waals surface area (Å²) in [5.41, 5.74) is 1.22. The summed E-state index contributed by atoms with van der Waals surface area (Å²) in [5.74, 6) is 1.04. The number of anilines is 1. The Labute approximate surface area is 175 Å². The molecule has 8 heteroatoms. The van der Waals surface area contributed by atoms with E-state index in [1.807, 2.05) is 12.1 Å². The number of carbonyl (C=O) groups is 1. The molecule has 152 valence electrons. The van der Waals surface area contributed by atoms with Gasteiger partial charge in [0.15, 0.2) is 22.4 Å². The molecule has 0 saturated heterocycles. The Balaban J connectivity index is 1.39. The van der Waals surface area contributed by atoms with Gasteiger partial charge in [-0.25, -0.2) is 9.37 Å². The average Bonchev–Trinajstić information content (AvgIpc) is 3.42. The normalized spacial score (nSPS) is 10.6. The fourth-order valence-electron chi connectivity index (χ4n) is 2.73. The van der Waals surface area contributed by atoms with E-state index in [-0.39, 0.29) is 18.2 Å². The molecular formula is C22H17FN2O4S. The molecule has 0 aliphatic carbocycles. The Morgan fingerprint density at radius 2 is 1.97 bits per heavy atom. The van der Waals surface area contributed by atoms with E-state index in [0.29, 0.717) is 33.6 Å². The van der Waals surface area contributed by atoms with Gasteiger partial charge in [-0.3, -0.25) is 10.1 Å². The number of hydrogen-bond acceptors (Lipinski definition) is 6. The van der Waals surface area contributed by atoms with Crippen molar-refractivity contribution in [2.24, 2.45) is 0 Å². The predicted molar refractivity (Wildman–Crippen MR) is 111 cm³/mol. The van der Waals surface area contributed by atoms with Gasteiger partial charge in [0, 0.05) is 10.9 Å². The summed E-state index contributed by atoms with van der Waals surface area (Å²) in [7, 11) is 1.57. The standard InChI is InChI=1S/C22H17FN2O4S/c1-27-18-7-2-3-8-19(18)28-12-16-9-10-20(29-16)21(26)25-22-24-17(13-30-22)14-5-4-6-15(23)11-14/h2-11,13H,12H2,1H3,(H,24,25,26). The van der Waals surface area contributed by atoms with Crippen LogP contribution >= 0.6 is 11.3 Å². The lowest BCUT2D eigenvalue weighted by molar-refractivity contribution is 0.0992. The van der Waals surface area contributed by atoms with Crippen LogP contribution in [0, 0.1) is 5.82 Å². The number of halogens is 1. The molecule has 0 saturated carbocycles. The first-order chi connectivity index (χ1) is 14.6. The van der Waals surface area contributed by atoms with Crippen LogP contribution in [0.4, 0.5) is 9.52 Å². The number of methoxy groups -OCH3 is 1. The molecule has 2 aromatic carbocycles. The second kappa shape index (κ2) is 8.79. The summed E-state index contributed by atoms with van der Waals surface area (Å²) in [4.78, 5) is 16.8. The minimum absolute atomic E-state index is 0.135. The fourth-order valence-corrected chi connectivity index (χ4v) is 3.45. The Morgan fingerprint density at radius 3 is 2.77 bits per heavy atom. The topological polar surface area (TPSA) is 73.6 Å². The van der Waals surface area contributed by atoms with Crippen molar-refractivity contribution in [2.45, 2.75) is 6.61 Å². The monoisotopic (exact) mass is 424 g/mol. The third-order valence-corrected chi connectivity index (χ3v) is 4.93. The number of thiazole rings is 1. The zero-order valence-corrected chi connectivity index (χ0v) is 16.7. The molecule has 4 aromatic rings. The number of nitrogens with one attached hydrogen (secondary N) is 1. The summed E-state index contributed by atoms with van der Waals surface area (Å²) in [5, 5.41) is 4.83. The van der Waals surface area contributed by atoms with Crippen LogP contribution in [0.1, 0.15) is 16.3 Å². The largest absolute Gasteiger partial charge is 0.493 e. The van der Waals surface area contributed by atoms with E-state index in [9.17, 15) is 9.18 Å². The van der Waals surface area contributed by atoms with Crippen LogP contribution in [0.2, 0.25) is 0 Å². The maximum Gasteiger partial charge on any atom is 0.293 e. The van der Waals surface area contributed by atoms with E-state index in [4.69, 9.17) is 13.9 Å². The predicted octanol–water partition coefficient (Wildman–Crippen LogP) is 5.38. The van der Waals surface area contributed by atoms with E-state index in [0.717, 1.165) is 0 Å². The summed E-state index contributed by atoms with van der Waals surface area (Å²) in [6.45, 7) is 0.147. The molecule has 0 aliphatic rings. The molecule has 1 amide bonds. The van der Waals surface area contributed by atoms with Crippen LogP contribution in [0.15, 0.2) is 70.5 Å². The summed E-state index contributed by atoms with van der Waals surface area (Å²) in [6.07, 6.45) is 0. The van der Waals surface area contributed by atoms with Gasteiger partial charge in [0.05, 0.1) is 12.8 Å². The van der Waals surface area contributed by atoms with Gasteiger partial charge >= 0.3 is 0 Å². The number of ether oxygens (including phenoxy) is 2. The van der Waals surface area contributed by atoms with Gasteiger partial charge in [-0.15, -0.1) is 11.3 Å². The zero-order valence-electron chi connectivity index (χ0n) is 15.9. The van der Waals surface area contributed by atoms with Crippen LogP contribution in [0.25, 0.3) is 11.3 Å². The highest BCUT2D eigenvalue weighted by Gasteiger charge is 2.15. The van der Waals surface area contributed by atoms with E-state index in [2.05, 4.69) is 10.3 Å². The quantitative estimate of drug-likeness (QED) is 0.431. The van der Waals surface area contributed by atoms with Crippen LogP contribution in [-0.4, -0.2) is 18.0 Å². The van der Waals surface area contributed by atoms with E-state index < -0.39 is 5.91 Å². The molecule has 0 spiro atoms. The average molecular weight is 424 g/mol. The number of benzene rings is 2. The molecule has 0 aliphatic heterocycles. The zero-order chi connectivity index (χ0) is 20.9. The van der Waals surface area contributed by atoms with E-state index in [1.165, 1.54) is 23.5 Å². The van der Waals surface area contributed by atoms with Gasteiger partial charge in [-0.1, -0.05) is 24.3 Å². The molecule has 0 unspecified atom stereocenters. The molecule has 4 rings (SSSR count). The number of nitrogens with zero attached hydrogens (tertiary/aromatic N) is 1. The molecule has 30 heavy (non-hydrogen) atoms. The number of hydrogen-bond donors (Lipinski definition) is 1. The Kier molecular flexibility index (Phi) is 5.76. The minimum Gasteiger partial charge on any atom is -0.493 e. The van der Waals surface area contributed by atoms with Gasteiger partial charge in [-0.2, -0.15) is 0 Å². The number of rotatable bonds is 7. The molecule has 0 bridgehead atoms. The maximum absolute atomic E-state index is 13.4. The van der Waals surface area contributed by atoms with Crippen LogP contribution in [-0.2, 0) is 6.61 Å². The van der Waals surface area contributed by atoms with Crippen molar-refractivity contribution in [3.05, 3.63) is 83.4 Å². The first-order valence-electron chi connectivity index (χ1n) is 9.00. The molecule has 1 N–H and O–H groups in total. The lowest BCUT2D eigenvalue weighted by Gasteiger charge is -2.08. The van der Waals surface area contributed by atoms with Crippen molar-refractivity contribution in [3.8, 4) is 22.8 Å². The number of para-hydroxylation sites is 2. The minimum atomic E-state index is -0.432. The van der Waals surface area contributed by atoms with Crippen LogP contribution in [0.5, 0.6) is 11.5 Å². The number of carbonyl (C=O) groups excluding carboxylic acids is 1. The van der Waals surface area contributed by atoms with Gasteiger partial charge in [-0.05, 0) is 36.4 Å². The molecule has 0 atom stereocenters. The molecular weight excluding hydrogens is 407 g/mol. The van der Waals surface area contributed by atoms with Gasteiger partial charge < -0.3 is 13.9 Å². The SMILES string of the molecule is COc1ccccc1OCc1ccc(C(=O)Nc2nc(-c3cccc(F)c3)cs2)o1. The van der Waals surface area contributed by atoms with Gasteiger partial charge in [0.25, 0.3) is 5.91 Å². The molecule has 0 fully saturated rings. The van der Waals surface area contributed by atoms with Crippen molar-refractivity contribution in [2.75, 3.05) is 12.4 Å². The molecule has 0 radical (unpaired) electrons. The third-order valence-electron chi connectivity index (χ3n) is 4.17. The number of amides is 1. The number of furan rings is 1. The van der Waals surface area contributed by atoms with Crippen molar-refractivity contribution in [3.63, 3.8) is 0 Å². The second-order valence-electron chi connectivity index (χ2n) is 6.21. The van der Waals surface area contributed by atoms with Crippen molar-refractivity contribution in [1.82, 2.24) is 4.98 Å². The summed E-state index contributed by atoms with van der Waals surface area (Å²) < 4.78 is 29.9. The lowest BCUT2D eigenvalue weighted by Crippen LogP contribution is -2.10. The van der Waals surface area contributed by atoms with E-state index in [1.54, 1.807) is 48.9 Å². The maximum atomic E-state index is 13.4. The van der Waals surface area contributed by atoms with Gasteiger partial charge in [0.1, 0.15) is 18.2 Å². The lowest BCUT2D eigenvalue weighted by atomic mass is 10.2. The Morgan fingerprint density at radius 1 is 1.13 bits per heavy atom. The van der Waals surface area contributed by atoms with Crippen molar-refractivity contribution in [1.29, 1.82) is 0 Å². The highest BCUT2D eigenvalue weighted by molar-refractivity contribution is 7.14. The van der Waals surface area contributed by atoms with Crippen LogP contribution in [0.3, 0.4) is 0 Å². The smallest absolute Gasteiger partial charge is 0.293 e. The molecule has 2 heterocycles. The fraction of sp³-hybridized carbons (Fsp3) is 0.0909. The Bertz CT molecular complexity index is 1170. The first kappa shape index (κ1) is 19.7. The van der Waals surface area contributed by atoms with Gasteiger partial charge in [0.2, 0.25) is 0 Å². The summed E-state index contributed by atoms with van der Waals surface area (Å²) >= 11 is 1.25. The Hall–Kier alpha value is -3.65. The highest BCUT2D eigenvalue weighted by atomic mass is 32.1.